The Hall–Kier alpha value is -5.68. The number of nitro groups is 1. The standard InChI is InChI=1S/C35H30N4O6S/c1-24-12-14-26(15-13-24)36-46(43,44)29-20-21-32-31(22-29)35(40)38(27-16-18-28(45-2)19-17-27)34(30-10-6-7-11-33(30)39(41)42)37(32)23-25-8-4-3-5-9-25/h3-22,34,36H,23H2,1-2H3/t34-/m0/s1. The molecule has 5 aromatic rings. The molecule has 1 heterocycles. The number of hydrogen-bond acceptors (Lipinski definition) is 7. The van der Waals surface area contributed by atoms with Crippen LogP contribution in [0.3, 0.4) is 0 Å². The Morgan fingerprint density at radius 2 is 1.54 bits per heavy atom. The van der Waals surface area contributed by atoms with Gasteiger partial charge in [-0.3, -0.25) is 24.5 Å². The predicted molar refractivity (Wildman–Crippen MR) is 177 cm³/mol. The van der Waals surface area contributed by atoms with Crippen LogP contribution in [-0.2, 0) is 16.6 Å². The molecule has 0 spiro atoms. The number of nitrogens with zero attached hydrogens (tertiary/aromatic N) is 3. The minimum atomic E-state index is -4.08. The molecule has 232 valence electrons. The Morgan fingerprint density at radius 1 is 0.870 bits per heavy atom. The lowest BCUT2D eigenvalue weighted by molar-refractivity contribution is -0.385. The molecule has 0 saturated carbocycles. The number of sulfonamides is 1. The second kappa shape index (κ2) is 12.4. The number of fused-ring (bicyclic) bond motifs is 1. The van der Waals surface area contributed by atoms with Gasteiger partial charge in [0.25, 0.3) is 21.6 Å². The summed E-state index contributed by atoms with van der Waals surface area (Å²) in [4.78, 5) is 29.7. The van der Waals surface area contributed by atoms with E-state index in [9.17, 15) is 23.3 Å². The van der Waals surface area contributed by atoms with Crippen LogP contribution in [0.15, 0.2) is 126 Å². The number of ether oxygens (including phenoxy) is 1. The summed E-state index contributed by atoms with van der Waals surface area (Å²) in [7, 11) is -2.55. The molecule has 0 bridgehead atoms. The molecule has 1 aliphatic rings. The van der Waals surface area contributed by atoms with Crippen LogP contribution >= 0.6 is 0 Å². The van der Waals surface area contributed by atoms with Crippen LogP contribution in [0.25, 0.3) is 0 Å². The molecule has 0 saturated heterocycles. The maximum atomic E-state index is 14.6. The first kappa shape index (κ1) is 30.4. The summed E-state index contributed by atoms with van der Waals surface area (Å²) in [5.74, 6) is 0.0487. The number of benzene rings is 5. The second-order valence-electron chi connectivity index (χ2n) is 10.8. The molecule has 11 heteroatoms. The first-order valence-corrected chi connectivity index (χ1v) is 15.9. The summed E-state index contributed by atoms with van der Waals surface area (Å²) in [5.41, 5.74) is 3.43. The summed E-state index contributed by atoms with van der Waals surface area (Å²) in [5, 5.41) is 12.3. The van der Waals surface area contributed by atoms with Crippen LogP contribution in [0.1, 0.15) is 33.2 Å². The van der Waals surface area contributed by atoms with Gasteiger partial charge >= 0.3 is 0 Å². The van der Waals surface area contributed by atoms with E-state index in [0.29, 0.717) is 28.4 Å². The molecule has 0 fully saturated rings. The normalized spacial score (nSPS) is 14.5. The molecule has 46 heavy (non-hydrogen) atoms. The zero-order chi connectivity index (χ0) is 32.4. The summed E-state index contributed by atoms with van der Waals surface area (Å²) in [6, 6.07) is 34.0. The number of aryl methyl sites for hydroxylation is 1. The van der Waals surface area contributed by atoms with Gasteiger partial charge in [-0.25, -0.2) is 8.42 Å². The molecule has 0 radical (unpaired) electrons. The smallest absolute Gasteiger partial charge is 0.276 e. The van der Waals surface area contributed by atoms with Crippen molar-refractivity contribution in [2.75, 3.05) is 21.6 Å². The van der Waals surface area contributed by atoms with Crippen molar-refractivity contribution < 1.29 is 22.9 Å². The number of methoxy groups -OCH3 is 1. The number of para-hydroxylation sites is 1. The van der Waals surface area contributed by atoms with Crippen molar-refractivity contribution in [3.05, 3.63) is 154 Å². The Labute approximate surface area is 266 Å². The highest BCUT2D eigenvalue weighted by Gasteiger charge is 2.42. The fourth-order valence-electron chi connectivity index (χ4n) is 5.58. The van der Waals surface area contributed by atoms with E-state index < -0.39 is 27.0 Å². The number of anilines is 3. The van der Waals surface area contributed by atoms with Crippen molar-refractivity contribution in [3.8, 4) is 5.75 Å². The highest BCUT2D eigenvalue weighted by Crippen LogP contribution is 2.45. The van der Waals surface area contributed by atoms with Gasteiger partial charge in [0.2, 0.25) is 0 Å². The van der Waals surface area contributed by atoms with E-state index in [-0.39, 0.29) is 22.7 Å². The summed E-state index contributed by atoms with van der Waals surface area (Å²) >= 11 is 0. The van der Waals surface area contributed by atoms with Crippen molar-refractivity contribution in [2.45, 2.75) is 24.5 Å². The molecule has 5 aromatic carbocycles. The zero-order valence-electron chi connectivity index (χ0n) is 25.0. The Kier molecular flexibility index (Phi) is 8.16. The minimum Gasteiger partial charge on any atom is -0.497 e. The summed E-state index contributed by atoms with van der Waals surface area (Å²) in [6.45, 7) is 2.17. The number of amides is 1. The topological polar surface area (TPSA) is 122 Å². The summed E-state index contributed by atoms with van der Waals surface area (Å²) < 4.78 is 35.0. The molecule has 1 aliphatic heterocycles. The molecule has 0 aliphatic carbocycles. The predicted octanol–water partition coefficient (Wildman–Crippen LogP) is 7.08. The second-order valence-corrected chi connectivity index (χ2v) is 12.5. The molecule has 6 rings (SSSR count). The van der Waals surface area contributed by atoms with Crippen molar-refractivity contribution >= 4 is 38.7 Å². The molecular weight excluding hydrogens is 604 g/mol. The van der Waals surface area contributed by atoms with E-state index in [1.54, 1.807) is 72.8 Å². The molecule has 0 unspecified atom stereocenters. The van der Waals surface area contributed by atoms with Crippen molar-refractivity contribution in [1.82, 2.24) is 0 Å². The number of nitrogens with one attached hydrogen (secondary N) is 1. The van der Waals surface area contributed by atoms with Crippen LogP contribution in [0.5, 0.6) is 5.75 Å². The van der Waals surface area contributed by atoms with Gasteiger partial charge in [-0.05, 0) is 73.2 Å². The maximum absolute atomic E-state index is 14.6. The van der Waals surface area contributed by atoms with Crippen LogP contribution < -0.4 is 19.3 Å². The highest BCUT2D eigenvalue weighted by molar-refractivity contribution is 7.92. The molecular formula is C35H30N4O6S. The van der Waals surface area contributed by atoms with E-state index >= 15 is 0 Å². The average molecular weight is 635 g/mol. The third kappa shape index (κ3) is 5.87. The fraction of sp³-hybridized carbons (Fsp3) is 0.114. The van der Waals surface area contributed by atoms with Crippen LogP contribution in [0, 0.1) is 17.0 Å². The monoisotopic (exact) mass is 634 g/mol. The molecule has 1 atom stereocenters. The number of rotatable bonds is 9. The van der Waals surface area contributed by atoms with Gasteiger partial charge < -0.3 is 9.64 Å². The van der Waals surface area contributed by atoms with Gasteiger partial charge in [-0.2, -0.15) is 0 Å². The lowest BCUT2D eigenvalue weighted by atomic mass is 9.98. The Balaban J connectivity index is 1.56. The number of carbonyl (C=O) groups is 1. The number of hydrogen-bond donors (Lipinski definition) is 1. The van der Waals surface area contributed by atoms with Crippen molar-refractivity contribution in [1.29, 1.82) is 0 Å². The number of carbonyl (C=O) groups excluding carboxylic acids is 1. The quantitative estimate of drug-likeness (QED) is 0.136. The van der Waals surface area contributed by atoms with E-state index in [0.717, 1.165) is 11.1 Å². The van der Waals surface area contributed by atoms with Crippen molar-refractivity contribution in [2.24, 2.45) is 0 Å². The molecule has 0 aromatic heterocycles. The molecule has 1 N–H and O–H groups in total. The third-order valence-corrected chi connectivity index (χ3v) is 9.22. The van der Waals surface area contributed by atoms with Crippen LogP contribution in [0.2, 0.25) is 0 Å². The lowest BCUT2D eigenvalue weighted by Gasteiger charge is -2.45. The SMILES string of the molecule is COc1ccc(N2C(=O)c3cc(S(=O)(=O)Nc4ccc(C)cc4)ccc3N(Cc3ccccc3)[C@@H]2c2ccccc2[N+](=O)[O-])cc1. The van der Waals surface area contributed by atoms with Gasteiger partial charge in [0.1, 0.15) is 11.9 Å². The van der Waals surface area contributed by atoms with Gasteiger partial charge in [-0.1, -0.05) is 60.2 Å². The Bertz CT molecular complexity index is 2020. The third-order valence-electron chi connectivity index (χ3n) is 7.84. The largest absolute Gasteiger partial charge is 0.497 e. The van der Waals surface area contributed by atoms with Crippen LogP contribution in [-0.4, -0.2) is 26.4 Å². The Morgan fingerprint density at radius 3 is 2.22 bits per heavy atom. The van der Waals surface area contributed by atoms with Gasteiger partial charge in [0, 0.05) is 24.0 Å². The van der Waals surface area contributed by atoms with Crippen LogP contribution in [0.4, 0.5) is 22.7 Å². The fourth-order valence-corrected chi connectivity index (χ4v) is 6.67. The minimum absolute atomic E-state index is 0.0985. The van der Waals surface area contributed by atoms with E-state index in [4.69, 9.17) is 4.74 Å². The van der Waals surface area contributed by atoms with E-state index in [1.165, 1.54) is 30.2 Å². The van der Waals surface area contributed by atoms with Gasteiger partial charge in [-0.15, -0.1) is 0 Å². The van der Waals surface area contributed by atoms with Crippen molar-refractivity contribution in [3.63, 3.8) is 0 Å². The summed E-state index contributed by atoms with van der Waals surface area (Å²) in [6.07, 6.45) is -0.955. The van der Waals surface area contributed by atoms with E-state index in [2.05, 4.69) is 4.72 Å². The highest BCUT2D eigenvalue weighted by atomic mass is 32.2. The average Bonchev–Trinajstić information content (AvgIpc) is 3.07. The molecule has 10 nitrogen and oxygen atoms in total. The van der Waals surface area contributed by atoms with E-state index in [1.807, 2.05) is 42.2 Å². The first-order chi connectivity index (χ1) is 22.2. The maximum Gasteiger partial charge on any atom is 0.276 e. The van der Waals surface area contributed by atoms with Gasteiger partial charge in [0.15, 0.2) is 0 Å². The molecule has 1 amide bonds. The lowest BCUT2D eigenvalue weighted by Crippen LogP contribution is -2.49. The zero-order valence-corrected chi connectivity index (χ0v) is 25.8. The number of nitro benzene ring substituents is 1. The van der Waals surface area contributed by atoms with Gasteiger partial charge in [0.05, 0.1) is 33.7 Å². The first-order valence-electron chi connectivity index (χ1n) is 14.4.